The van der Waals surface area contributed by atoms with Crippen molar-refractivity contribution in [1.82, 2.24) is 19.5 Å². The van der Waals surface area contributed by atoms with E-state index in [0.29, 0.717) is 5.69 Å². The molecule has 3 rings (SSSR count). The summed E-state index contributed by atoms with van der Waals surface area (Å²) in [5, 5.41) is 4.01. The first-order valence-corrected chi connectivity index (χ1v) is 8.37. The zero-order valence-corrected chi connectivity index (χ0v) is 12.9. The molecule has 0 unspecified atom stereocenters. The standard InChI is InChI=1S/C15H15N5O2S/c21-23(22,18-10-13-4-2-1-3-5-13)19-14-6-8-15(9-7-14)20-12-16-11-17-20/h1-9,11-12,18-19H,10H2. The minimum absolute atomic E-state index is 0.229. The van der Waals surface area contributed by atoms with Crippen molar-refractivity contribution in [3.63, 3.8) is 0 Å². The summed E-state index contributed by atoms with van der Waals surface area (Å²) in [6.45, 7) is 0.229. The Balaban J connectivity index is 1.63. The van der Waals surface area contributed by atoms with Crippen molar-refractivity contribution in [3.8, 4) is 5.69 Å². The number of rotatable bonds is 6. The number of nitrogens with zero attached hydrogens (tertiary/aromatic N) is 3. The van der Waals surface area contributed by atoms with Crippen molar-refractivity contribution < 1.29 is 8.42 Å². The first-order chi connectivity index (χ1) is 11.1. The Morgan fingerprint density at radius 2 is 1.74 bits per heavy atom. The average molecular weight is 329 g/mol. The van der Waals surface area contributed by atoms with E-state index in [0.717, 1.165) is 11.3 Å². The summed E-state index contributed by atoms with van der Waals surface area (Å²) in [4.78, 5) is 3.86. The number of benzene rings is 2. The molecule has 0 fully saturated rings. The van der Waals surface area contributed by atoms with E-state index in [1.54, 1.807) is 35.3 Å². The minimum Gasteiger partial charge on any atom is -0.271 e. The maximum Gasteiger partial charge on any atom is 0.299 e. The van der Waals surface area contributed by atoms with Crippen LogP contribution in [-0.2, 0) is 16.8 Å². The van der Waals surface area contributed by atoms with Crippen molar-refractivity contribution in [3.05, 3.63) is 72.8 Å². The van der Waals surface area contributed by atoms with E-state index in [2.05, 4.69) is 19.5 Å². The monoisotopic (exact) mass is 329 g/mol. The van der Waals surface area contributed by atoms with Crippen LogP contribution in [0, 0.1) is 0 Å². The van der Waals surface area contributed by atoms with E-state index < -0.39 is 10.2 Å². The first kappa shape index (κ1) is 15.2. The second kappa shape index (κ2) is 6.59. The molecule has 0 aliphatic heterocycles. The van der Waals surface area contributed by atoms with Crippen LogP contribution in [0.1, 0.15) is 5.56 Å². The van der Waals surface area contributed by atoms with Crippen molar-refractivity contribution in [2.45, 2.75) is 6.54 Å². The Hall–Kier alpha value is -2.71. The average Bonchev–Trinajstić information content (AvgIpc) is 3.09. The third-order valence-corrected chi connectivity index (χ3v) is 4.14. The number of hydrogen-bond acceptors (Lipinski definition) is 4. The van der Waals surface area contributed by atoms with Gasteiger partial charge in [-0.2, -0.15) is 18.2 Å². The van der Waals surface area contributed by atoms with Gasteiger partial charge in [-0.3, -0.25) is 4.72 Å². The lowest BCUT2D eigenvalue weighted by atomic mass is 10.2. The Bertz CT molecular complexity index is 847. The second-order valence-corrected chi connectivity index (χ2v) is 6.30. The lowest BCUT2D eigenvalue weighted by Crippen LogP contribution is -2.29. The Kier molecular flexibility index (Phi) is 4.35. The highest BCUT2D eigenvalue weighted by molar-refractivity contribution is 7.90. The quantitative estimate of drug-likeness (QED) is 0.720. The fourth-order valence-electron chi connectivity index (χ4n) is 1.99. The van der Waals surface area contributed by atoms with Crippen molar-refractivity contribution in [1.29, 1.82) is 0 Å². The topological polar surface area (TPSA) is 88.9 Å². The van der Waals surface area contributed by atoms with Gasteiger partial charge in [0.25, 0.3) is 10.2 Å². The molecular formula is C15H15N5O2S. The highest BCUT2D eigenvalue weighted by Crippen LogP contribution is 2.13. The number of anilines is 1. The highest BCUT2D eigenvalue weighted by Gasteiger charge is 2.09. The SMILES string of the molecule is O=S(=O)(NCc1ccccc1)Nc1ccc(-n2cncn2)cc1. The molecule has 0 aliphatic rings. The van der Waals surface area contributed by atoms with Crippen LogP contribution >= 0.6 is 0 Å². The van der Waals surface area contributed by atoms with E-state index in [1.165, 1.54) is 6.33 Å². The maximum atomic E-state index is 12.0. The fraction of sp³-hybridized carbons (Fsp3) is 0.0667. The summed E-state index contributed by atoms with van der Waals surface area (Å²) < 4.78 is 30.6. The largest absolute Gasteiger partial charge is 0.299 e. The summed E-state index contributed by atoms with van der Waals surface area (Å²) in [5.74, 6) is 0. The highest BCUT2D eigenvalue weighted by atomic mass is 32.2. The lowest BCUT2D eigenvalue weighted by molar-refractivity contribution is 0.587. The van der Waals surface area contributed by atoms with E-state index in [1.807, 2.05) is 30.3 Å². The van der Waals surface area contributed by atoms with Gasteiger partial charge in [-0.25, -0.2) is 9.67 Å². The zero-order chi connectivity index (χ0) is 16.1. The Morgan fingerprint density at radius 1 is 1.00 bits per heavy atom. The van der Waals surface area contributed by atoms with Crippen LogP contribution in [0.2, 0.25) is 0 Å². The molecule has 7 nitrogen and oxygen atoms in total. The molecule has 0 saturated carbocycles. The van der Waals surface area contributed by atoms with Crippen LogP contribution in [0.3, 0.4) is 0 Å². The van der Waals surface area contributed by atoms with Gasteiger partial charge in [-0.05, 0) is 29.8 Å². The fourth-order valence-corrected chi connectivity index (χ4v) is 2.86. The van der Waals surface area contributed by atoms with Gasteiger partial charge in [0.1, 0.15) is 12.7 Å². The van der Waals surface area contributed by atoms with E-state index in [-0.39, 0.29) is 6.54 Å². The molecule has 0 atom stereocenters. The van der Waals surface area contributed by atoms with Crippen molar-refractivity contribution in [2.75, 3.05) is 4.72 Å². The molecule has 1 heterocycles. The molecular weight excluding hydrogens is 314 g/mol. The molecule has 0 aliphatic carbocycles. The molecule has 3 aromatic rings. The summed E-state index contributed by atoms with van der Waals surface area (Å²) in [7, 11) is -3.63. The van der Waals surface area contributed by atoms with Gasteiger partial charge >= 0.3 is 0 Å². The van der Waals surface area contributed by atoms with Crippen LogP contribution < -0.4 is 9.44 Å². The molecule has 0 saturated heterocycles. The van der Waals surface area contributed by atoms with E-state index in [4.69, 9.17) is 0 Å². The van der Waals surface area contributed by atoms with Crippen LogP contribution in [0.25, 0.3) is 5.69 Å². The van der Waals surface area contributed by atoms with Crippen LogP contribution in [0.5, 0.6) is 0 Å². The molecule has 2 aromatic carbocycles. The van der Waals surface area contributed by atoms with E-state index >= 15 is 0 Å². The summed E-state index contributed by atoms with van der Waals surface area (Å²) in [6, 6.07) is 16.2. The molecule has 1 aromatic heterocycles. The maximum absolute atomic E-state index is 12.0. The number of hydrogen-bond donors (Lipinski definition) is 2. The van der Waals surface area contributed by atoms with Crippen molar-refractivity contribution in [2.24, 2.45) is 0 Å². The van der Waals surface area contributed by atoms with Crippen LogP contribution in [-0.4, -0.2) is 23.2 Å². The smallest absolute Gasteiger partial charge is 0.271 e. The number of aromatic nitrogens is 3. The van der Waals surface area contributed by atoms with Crippen molar-refractivity contribution >= 4 is 15.9 Å². The van der Waals surface area contributed by atoms with Crippen LogP contribution in [0.15, 0.2) is 67.3 Å². The molecule has 2 N–H and O–H groups in total. The molecule has 0 bridgehead atoms. The van der Waals surface area contributed by atoms with Gasteiger partial charge in [0.2, 0.25) is 0 Å². The van der Waals surface area contributed by atoms with Gasteiger partial charge in [0, 0.05) is 12.2 Å². The molecule has 8 heteroatoms. The second-order valence-electron chi connectivity index (χ2n) is 4.80. The summed E-state index contributed by atoms with van der Waals surface area (Å²) in [6.07, 6.45) is 3.00. The number of nitrogens with one attached hydrogen (secondary N) is 2. The Labute approximate surface area is 134 Å². The molecule has 0 spiro atoms. The van der Waals surface area contributed by atoms with Crippen LogP contribution in [0.4, 0.5) is 5.69 Å². The minimum atomic E-state index is -3.63. The van der Waals surface area contributed by atoms with Gasteiger partial charge in [0.15, 0.2) is 0 Å². The molecule has 118 valence electrons. The summed E-state index contributed by atoms with van der Waals surface area (Å²) in [5.41, 5.74) is 2.15. The zero-order valence-electron chi connectivity index (χ0n) is 12.1. The Morgan fingerprint density at radius 3 is 2.39 bits per heavy atom. The van der Waals surface area contributed by atoms with Gasteiger partial charge < -0.3 is 0 Å². The van der Waals surface area contributed by atoms with Gasteiger partial charge in [-0.15, -0.1) is 0 Å². The van der Waals surface area contributed by atoms with E-state index in [9.17, 15) is 8.42 Å². The first-order valence-electron chi connectivity index (χ1n) is 6.89. The lowest BCUT2D eigenvalue weighted by Gasteiger charge is -2.10. The summed E-state index contributed by atoms with van der Waals surface area (Å²) >= 11 is 0. The third-order valence-electron chi connectivity index (χ3n) is 3.11. The predicted molar refractivity (Wildman–Crippen MR) is 87.2 cm³/mol. The van der Waals surface area contributed by atoms with Gasteiger partial charge in [0.05, 0.1) is 5.69 Å². The molecule has 0 radical (unpaired) electrons. The third kappa shape index (κ3) is 4.15. The normalized spacial score (nSPS) is 11.3. The van der Waals surface area contributed by atoms with Gasteiger partial charge in [-0.1, -0.05) is 30.3 Å². The molecule has 0 amide bonds. The molecule has 23 heavy (non-hydrogen) atoms. The predicted octanol–water partition coefficient (Wildman–Crippen LogP) is 1.71.